The van der Waals surface area contributed by atoms with Crippen LogP contribution in [0.4, 0.5) is 0 Å². The Hall–Kier alpha value is -1.71. The molecule has 2 aliphatic heterocycles. The molecule has 29 heavy (non-hydrogen) atoms. The van der Waals surface area contributed by atoms with Gasteiger partial charge in [0.15, 0.2) is 5.96 Å². The van der Waals surface area contributed by atoms with Gasteiger partial charge in [0.25, 0.3) is 0 Å². The minimum absolute atomic E-state index is 0.275. The van der Waals surface area contributed by atoms with Crippen molar-refractivity contribution >= 4 is 5.96 Å². The molecule has 0 bridgehead atoms. The molecule has 2 N–H and O–H groups in total. The van der Waals surface area contributed by atoms with E-state index in [0.29, 0.717) is 6.04 Å². The van der Waals surface area contributed by atoms with E-state index in [0.717, 1.165) is 83.7 Å². The van der Waals surface area contributed by atoms with Crippen LogP contribution in [0.2, 0.25) is 0 Å². The molecule has 1 aromatic heterocycles. The lowest BCUT2D eigenvalue weighted by Gasteiger charge is -2.31. The fourth-order valence-electron chi connectivity index (χ4n) is 3.74. The molecule has 164 valence electrons. The molecule has 0 aromatic carbocycles. The molecule has 0 saturated carbocycles. The highest BCUT2D eigenvalue weighted by atomic mass is 16.5. The van der Waals surface area contributed by atoms with E-state index in [1.165, 1.54) is 12.8 Å². The Balaban J connectivity index is 1.51. The Morgan fingerprint density at radius 2 is 2.14 bits per heavy atom. The van der Waals surface area contributed by atoms with Gasteiger partial charge in [0.05, 0.1) is 25.9 Å². The number of rotatable bonds is 9. The van der Waals surface area contributed by atoms with E-state index in [9.17, 15) is 0 Å². The van der Waals surface area contributed by atoms with Gasteiger partial charge in [-0.15, -0.1) is 10.2 Å². The SMILES string of the molecule is CCc1nncn1CCNC(=NCC(C)N1CCOCC1)NCC1CCCCO1. The van der Waals surface area contributed by atoms with Gasteiger partial charge < -0.3 is 24.7 Å². The summed E-state index contributed by atoms with van der Waals surface area (Å²) in [7, 11) is 0. The van der Waals surface area contributed by atoms with Crippen molar-refractivity contribution in [3.63, 3.8) is 0 Å². The first-order valence-electron chi connectivity index (χ1n) is 11.1. The number of nitrogens with one attached hydrogen (secondary N) is 2. The molecule has 2 fully saturated rings. The average molecular weight is 408 g/mol. The first-order chi connectivity index (χ1) is 14.3. The number of morpholine rings is 1. The number of hydrogen-bond donors (Lipinski definition) is 2. The minimum atomic E-state index is 0.275. The third-order valence-electron chi connectivity index (χ3n) is 5.61. The summed E-state index contributed by atoms with van der Waals surface area (Å²) in [6, 6.07) is 0.396. The molecule has 2 aliphatic rings. The molecular weight excluding hydrogens is 370 g/mol. The summed E-state index contributed by atoms with van der Waals surface area (Å²) < 4.78 is 13.4. The molecule has 2 saturated heterocycles. The van der Waals surface area contributed by atoms with Gasteiger partial charge in [0.1, 0.15) is 12.2 Å². The Morgan fingerprint density at radius 1 is 1.28 bits per heavy atom. The van der Waals surface area contributed by atoms with Crippen molar-refractivity contribution in [2.45, 2.75) is 58.2 Å². The lowest BCUT2D eigenvalue weighted by Crippen LogP contribution is -2.46. The molecule has 3 rings (SSSR count). The van der Waals surface area contributed by atoms with Gasteiger partial charge in [0, 0.05) is 51.8 Å². The molecule has 0 aliphatic carbocycles. The van der Waals surface area contributed by atoms with Crippen LogP contribution in [0.3, 0.4) is 0 Å². The third-order valence-corrected chi connectivity index (χ3v) is 5.61. The van der Waals surface area contributed by atoms with Gasteiger partial charge in [-0.25, -0.2) is 0 Å². The van der Waals surface area contributed by atoms with Crippen LogP contribution in [-0.2, 0) is 22.4 Å². The largest absolute Gasteiger partial charge is 0.379 e. The molecule has 3 heterocycles. The molecular formula is C20H37N7O2. The van der Waals surface area contributed by atoms with Crippen molar-refractivity contribution in [1.82, 2.24) is 30.3 Å². The van der Waals surface area contributed by atoms with Crippen LogP contribution < -0.4 is 10.6 Å². The maximum absolute atomic E-state index is 5.85. The third kappa shape index (κ3) is 7.24. The summed E-state index contributed by atoms with van der Waals surface area (Å²) in [5.74, 6) is 1.86. The second-order valence-corrected chi connectivity index (χ2v) is 7.78. The smallest absolute Gasteiger partial charge is 0.191 e. The van der Waals surface area contributed by atoms with Crippen molar-refractivity contribution in [2.75, 3.05) is 52.5 Å². The lowest BCUT2D eigenvalue weighted by molar-refractivity contribution is 0.0192. The Bertz CT molecular complexity index is 610. The van der Waals surface area contributed by atoms with Crippen LogP contribution in [0.1, 0.15) is 38.9 Å². The van der Waals surface area contributed by atoms with E-state index >= 15 is 0 Å². The maximum atomic E-state index is 5.85. The van der Waals surface area contributed by atoms with Crippen LogP contribution >= 0.6 is 0 Å². The number of guanidine groups is 1. The molecule has 1 aromatic rings. The summed E-state index contributed by atoms with van der Waals surface area (Å²) in [5.41, 5.74) is 0. The molecule has 2 unspecified atom stereocenters. The monoisotopic (exact) mass is 407 g/mol. The van der Waals surface area contributed by atoms with Gasteiger partial charge in [-0.1, -0.05) is 6.92 Å². The molecule has 0 amide bonds. The second kappa shape index (κ2) is 12.1. The summed E-state index contributed by atoms with van der Waals surface area (Å²) in [6.45, 7) is 11.9. The zero-order chi connectivity index (χ0) is 20.3. The molecule has 0 radical (unpaired) electrons. The average Bonchev–Trinajstić information content (AvgIpc) is 3.24. The molecule has 2 atom stereocenters. The van der Waals surface area contributed by atoms with Crippen molar-refractivity contribution in [3.05, 3.63) is 12.2 Å². The fraction of sp³-hybridized carbons (Fsp3) is 0.850. The van der Waals surface area contributed by atoms with Gasteiger partial charge in [-0.3, -0.25) is 9.89 Å². The quantitative estimate of drug-likeness (QED) is 0.459. The van der Waals surface area contributed by atoms with Gasteiger partial charge in [0.2, 0.25) is 0 Å². The number of aromatic nitrogens is 3. The summed E-state index contributed by atoms with van der Waals surface area (Å²) in [4.78, 5) is 7.30. The van der Waals surface area contributed by atoms with E-state index < -0.39 is 0 Å². The maximum Gasteiger partial charge on any atom is 0.191 e. The number of aliphatic imine (C=N–C) groups is 1. The van der Waals surface area contributed by atoms with E-state index in [-0.39, 0.29) is 6.10 Å². The molecule has 0 spiro atoms. The summed E-state index contributed by atoms with van der Waals surface area (Å²) in [5, 5.41) is 15.1. The van der Waals surface area contributed by atoms with Crippen LogP contribution in [-0.4, -0.2) is 90.3 Å². The van der Waals surface area contributed by atoms with Crippen LogP contribution in [0, 0.1) is 0 Å². The lowest BCUT2D eigenvalue weighted by atomic mass is 10.1. The van der Waals surface area contributed by atoms with E-state index in [4.69, 9.17) is 14.5 Å². The van der Waals surface area contributed by atoms with Crippen LogP contribution in [0.25, 0.3) is 0 Å². The highest BCUT2D eigenvalue weighted by molar-refractivity contribution is 5.79. The van der Waals surface area contributed by atoms with Crippen molar-refractivity contribution in [3.8, 4) is 0 Å². The Morgan fingerprint density at radius 3 is 2.90 bits per heavy atom. The fourth-order valence-corrected chi connectivity index (χ4v) is 3.74. The highest BCUT2D eigenvalue weighted by Crippen LogP contribution is 2.11. The highest BCUT2D eigenvalue weighted by Gasteiger charge is 2.17. The zero-order valence-corrected chi connectivity index (χ0v) is 18.0. The number of ether oxygens (including phenoxy) is 2. The van der Waals surface area contributed by atoms with Gasteiger partial charge in [-0.05, 0) is 26.2 Å². The van der Waals surface area contributed by atoms with Gasteiger partial charge in [-0.2, -0.15) is 0 Å². The topological polar surface area (TPSA) is 88.8 Å². The Kier molecular flexibility index (Phi) is 9.17. The standard InChI is InChI=1S/C20H37N7O2/c1-3-19-25-24-16-27(19)8-7-21-20(23-15-18-6-4-5-11-29-18)22-14-17(2)26-9-12-28-13-10-26/h16-18H,3-15H2,1-2H3,(H2,21,22,23). The van der Waals surface area contributed by atoms with Crippen molar-refractivity contribution in [2.24, 2.45) is 4.99 Å². The van der Waals surface area contributed by atoms with Crippen molar-refractivity contribution in [1.29, 1.82) is 0 Å². The number of nitrogens with zero attached hydrogens (tertiary/aromatic N) is 5. The normalized spacial score (nSPS) is 22.4. The zero-order valence-electron chi connectivity index (χ0n) is 18.0. The Labute approximate surface area is 174 Å². The van der Waals surface area contributed by atoms with E-state index in [1.54, 1.807) is 6.33 Å². The predicted molar refractivity (Wildman–Crippen MR) is 113 cm³/mol. The first kappa shape index (κ1) is 22.0. The van der Waals surface area contributed by atoms with Crippen molar-refractivity contribution < 1.29 is 9.47 Å². The number of hydrogen-bond acceptors (Lipinski definition) is 6. The van der Waals surface area contributed by atoms with E-state index in [1.807, 2.05) is 0 Å². The first-order valence-corrected chi connectivity index (χ1v) is 11.1. The second-order valence-electron chi connectivity index (χ2n) is 7.78. The van der Waals surface area contributed by atoms with E-state index in [2.05, 4.69) is 44.1 Å². The van der Waals surface area contributed by atoms with Gasteiger partial charge >= 0.3 is 0 Å². The molecule has 9 nitrogen and oxygen atoms in total. The predicted octanol–water partition coefficient (Wildman–Crippen LogP) is 0.666. The van der Waals surface area contributed by atoms with Crippen LogP contribution in [0.5, 0.6) is 0 Å². The summed E-state index contributed by atoms with van der Waals surface area (Å²) >= 11 is 0. The summed E-state index contributed by atoms with van der Waals surface area (Å²) in [6.07, 6.45) is 6.48. The number of aryl methyl sites for hydroxylation is 1. The van der Waals surface area contributed by atoms with Crippen LogP contribution in [0.15, 0.2) is 11.3 Å². The minimum Gasteiger partial charge on any atom is -0.379 e. The molecule has 9 heteroatoms.